The molecule has 0 aromatic heterocycles. The average Bonchev–Trinajstić information content (AvgIpc) is 2.02. The van der Waals surface area contributed by atoms with Gasteiger partial charge >= 0.3 is 0 Å². The molecule has 0 radical (unpaired) electrons. The molecule has 0 saturated heterocycles. The van der Waals surface area contributed by atoms with Gasteiger partial charge in [0, 0.05) is 3.42 Å². The van der Waals surface area contributed by atoms with E-state index in [1.807, 2.05) is 6.07 Å². The van der Waals surface area contributed by atoms with Crippen LogP contribution in [0.25, 0.3) is 0 Å². The molecule has 3 aliphatic carbocycles. The molecule has 0 spiro atoms. The summed E-state index contributed by atoms with van der Waals surface area (Å²) in [7, 11) is 0. The topological polar surface area (TPSA) is 0 Å². The summed E-state index contributed by atoms with van der Waals surface area (Å²) in [5.41, 5.74) is 2.87. The van der Waals surface area contributed by atoms with Crippen molar-refractivity contribution in [3.05, 3.63) is 35.1 Å². The van der Waals surface area contributed by atoms with E-state index in [2.05, 4.69) is 29.5 Å². The van der Waals surface area contributed by atoms with Gasteiger partial charge in [-0.1, -0.05) is 28.7 Å². The smallest absolute Gasteiger partial charge is 0.123 e. The number of hydrogen-bond donors (Lipinski definition) is 0. The molecule has 0 aliphatic heterocycles. The molecule has 0 N–H and O–H groups in total. The van der Waals surface area contributed by atoms with E-state index in [0.717, 1.165) is 0 Å². The number of aryl methyl sites for hydroxylation is 1. The highest BCUT2D eigenvalue weighted by atomic mass is 127. The minimum Gasteiger partial charge on any atom is -0.207 e. The van der Waals surface area contributed by atoms with Crippen molar-refractivity contribution in [1.82, 2.24) is 0 Å². The minimum absolute atomic E-state index is 0.0853. The number of alkyl halides is 1. The van der Waals surface area contributed by atoms with E-state index in [9.17, 15) is 4.39 Å². The Morgan fingerprint density at radius 1 is 1.29 bits per heavy atom. The molecular formula is C12H12FI. The second-order valence-corrected chi connectivity index (χ2v) is 7.21. The Kier molecular flexibility index (Phi) is 1.64. The van der Waals surface area contributed by atoms with E-state index < -0.39 is 0 Å². The van der Waals surface area contributed by atoms with Crippen LogP contribution in [0.1, 0.15) is 30.4 Å². The van der Waals surface area contributed by atoms with Gasteiger partial charge in [0.25, 0.3) is 0 Å². The summed E-state index contributed by atoms with van der Waals surface area (Å²) < 4.78 is 13.7. The van der Waals surface area contributed by atoms with Gasteiger partial charge in [-0.15, -0.1) is 0 Å². The van der Waals surface area contributed by atoms with E-state index in [1.54, 1.807) is 12.1 Å². The maximum absolute atomic E-state index is 13.1. The first-order chi connectivity index (χ1) is 6.53. The van der Waals surface area contributed by atoms with Crippen molar-refractivity contribution in [3.63, 3.8) is 0 Å². The molecule has 3 aliphatic rings. The monoisotopic (exact) mass is 302 g/mol. The molecule has 0 amide bonds. The summed E-state index contributed by atoms with van der Waals surface area (Å²) in [6.45, 7) is 2.09. The second-order valence-electron chi connectivity index (χ2n) is 4.92. The van der Waals surface area contributed by atoms with Crippen LogP contribution >= 0.6 is 22.6 Å². The van der Waals surface area contributed by atoms with Crippen LogP contribution in [0.15, 0.2) is 18.2 Å². The minimum atomic E-state index is -0.0853. The quantitative estimate of drug-likeness (QED) is 0.547. The maximum atomic E-state index is 13.1. The van der Waals surface area contributed by atoms with Gasteiger partial charge in [0.15, 0.2) is 0 Å². The van der Waals surface area contributed by atoms with Crippen LogP contribution in [0.4, 0.5) is 4.39 Å². The molecule has 1 aromatic rings. The van der Waals surface area contributed by atoms with Gasteiger partial charge in [-0.05, 0) is 54.9 Å². The Bertz CT molecular complexity index is 391. The van der Waals surface area contributed by atoms with Crippen molar-refractivity contribution in [3.8, 4) is 0 Å². The third-order valence-electron chi connectivity index (χ3n) is 3.74. The summed E-state index contributed by atoms with van der Waals surface area (Å²) in [5, 5.41) is 0. The van der Waals surface area contributed by atoms with Gasteiger partial charge in [-0.2, -0.15) is 0 Å². The van der Waals surface area contributed by atoms with Crippen LogP contribution in [-0.2, 0) is 5.41 Å². The summed E-state index contributed by atoms with van der Waals surface area (Å²) in [5.74, 6) is -0.0853. The number of rotatable bonds is 1. The normalized spacial score (nSPS) is 38.8. The number of halogens is 2. The molecule has 14 heavy (non-hydrogen) atoms. The summed E-state index contributed by atoms with van der Waals surface area (Å²) in [6.07, 6.45) is 3.76. The first kappa shape index (κ1) is 9.13. The molecule has 2 heteroatoms. The van der Waals surface area contributed by atoms with Crippen LogP contribution < -0.4 is 0 Å². The molecule has 0 unspecified atom stereocenters. The van der Waals surface area contributed by atoms with Gasteiger partial charge in [-0.25, -0.2) is 4.39 Å². The largest absolute Gasteiger partial charge is 0.207 e. The average molecular weight is 302 g/mol. The molecule has 74 valence electrons. The molecule has 4 rings (SSSR count). The summed E-state index contributed by atoms with van der Waals surface area (Å²) in [6, 6.07) is 5.21. The van der Waals surface area contributed by atoms with Crippen LogP contribution in [-0.4, -0.2) is 3.42 Å². The lowest BCUT2D eigenvalue weighted by atomic mass is 9.42. The van der Waals surface area contributed by atoms with Crippen molar-refractivity contribution in [1.29, 1.82) is 0 Å². The Labute approximate surface area is 97.0 Å². The van der Waals surface area contributed by atoms with Crippen molar-refractivity contribution in [2.45, 2.75) is 35.0 Å². The van der Waals surface area contributed by atoms with Crippen LogP contribution in [0.2, 0.25) is 0 Å². The Morgan fingerprint density at radius 3 is 2.50 bits per heavy atom. The highest BCUT2D eigenvalue weighted by molar-refractivity contribution is 14.1. The van der Waals surface area contributed by atoms with E-state index in [-0.39, 0.29) is 5.82 Å². The van der Waals surface area contributed by atoms with Gasteiger partial charge in [0.05, 0.1) is 0 Å². The molecule has 0 atom stereocenters. The molecule has 0 nitrogen and oxygen atoms in total. The van der Waals surface area contributed by atoms with Crippen LogP contribution in [0.5, 0.6) is 0 Å². The molecular weight excluding hydrogens is 290 g/mol. The van der Waals surface area contributed by atoms with E-state index in [0.29, 0.717) is 8.84 Å². The molecule has 3 fully saturated rings. The number of benzene rings is 1. The van der Waals surface area contributed by atoms with Gasteiger partial charge < -0.3 is 0 Å². The Morgan fingerprint density at radius 2 is 1.93 bits per heavy atom. The highest BCUT2D eigenvalue weighted by Crippen LogP contribution is 2.72. The van der Waals surface area contributed by atoms with Crippen molar-refractivity contribution in [2.75, 3.05) is 0 Å². The SMILES string of the molecule is Cc1ccc(F)cc1C12CC(I)(C1)C2. The van der Waals surface area contributed by atoms with Gasteiger partial charge in [-0.3, -0.25) is 0 Å². The van der Waals surface area contributed by atoms with E-state index in [1.165, 1.54) is 30.4 Å². The fourth-order valence-corrected chi connectivity index (χ4v) is 5.31. The lowest BCUT2D eigenvalue weighted by molar-refractivity contribution is 0.0212. The van der Waals surface area contributed by atoms with Crippen LogP contribution in [0.3, 0.4) is 0 Å². The lowest BCUT2D eigenvalue weighted by Gasteiger charge is -2.68. The fraction of sp³-hybridized carbons (Fsp3) is 0.500. The first-order valence-corrected chi connectivity index (χ1v) is 6.07. The van der Waals surface area contributed by atoms with Crippen molar-refractivity contribution in [2.24, 2.45) is 0 Å². The Balaban J connectivity index is 2.01. The van der Waals surface area contributed by atoms with Gasteiger partial charge in [0.2, 0.25) is 0 Å². The van der Waals surface area contributed by atoms with Crippen molar-refractivity contribution < 1.29 is 4.39 Å². The fourth-order valence-electron chi connectivity index (χ4n) is 3.12. The first-order valence-electron chi connectivity index (χ1n) is 4.99. The van der Waals surface area contributed by atoms with Crippen molar-refractivity contribution >= 4 is 22.6 Å². The van der Waals surface area contributed by atoms with Crippen LogP contribution in [0, 0.1) is 12.7 Å². The Hall–Kier alpha value is -0.120. The predicted molar refractivity (Wildman–Crippen MR) is 63.4 cm³/mol. The summed E-state index contributed by atoms with van der Waals surface area (Å²) in [4.78, 5) is 0. The van der Waals surface area contributed by atoms with Gasteiger partial charge in [0.1, 0.15) is 5.82 Å². The highest BCUT2D eigenvalue weighted by Gasteiger charge is 2.67. The third kappa shape index (κ3) is 1.03. The standard InChI is InChI=1S/C12H12FI/c1-8-2-3-9(13)4-10(8)11-5-12(14,6-11)7-11/h2-4H,5-7H2,1H3. The van der Waals surface area contributed by atoms with E-state index >= 15 is 0 Å². The summed E-state index contributed by atoms with van der Waals surface area (Å²) >= 11 is 2.56. The van der Waals surface area contributed by atoms with E-state index in [4.69, 9.17) is 0 Å². The zero-order valence-electron chi connectivity index (χ0n) is 8.11. The third-order valence-corrected chi connectivity index (χ3v) is 4.88. The zero-order chi connectivity index (χ0) is 9.97. The lowest BCUT2D eigenvalue weighted by Crippen LogP contribution is -2.66. The second kappa shape index (κ2) is 2.52. The maximum Gasteiger partial charge on any atom is 0.123 e. The predicted octanol–water partition coefficient (Wildman–Crippen LogP) is 3.74. The molecule has 1 aromatic carbocycles. The number of hydrogen-bond acceptors (Lipinski definition) is 0. The molecule has 3 saturated carbocycles. The molecule has 0 heterocycles. The molecule has 2 bridgehead atoms. The zero-order valence-corrected chi connectivity index (χ0v) is 10.3.